The Bertz CT molecular complexity index is 517. The number of thiophene rings is 1. The Kier molecular flexibility index (Phi) is 3.97. The summed E-state index contributed by atoms with van der Waals surface area (Å²) in [5, 5.41) is 4.69. The molecule has 0 atom stereocenters. The first-order valence-corrected chi connectivity index (χ1v) is 6.80. The summed E-state index contributed by atoms with van der Waals surface area (Å²) in [4.78, 5) is 12.0. The summed E-state index contributed by atoms with van der Waals surface area (Å²) < 4.78 is 0. The molecule has 17 heavy (non-hydrogen) atoms. The van der Waals surface area contributed by atoms with E-state index >= 15 is 0 Å². The Labute approximate surface area is 110 Å². The molecule has 0 aliphatic rings. The molecule has 1 aromatic carbocycles. The van der Waals surface area contributed by atoms with Crippen molar-refractivity contribution in [3.05, 3.63) is 56.7 Å². The van der Waals surface area contributed by atoms with E-state index in [0.29, 0.717) is 17.0 Å². The fourth-order valence-corrected chi connectivity index (χ4v) is 2.62. The molecule has 1 heterocycles. The molecule has 2 rings (SSSR count). The predicted molar refractivity (Wildman–Crippen MR) is 73.2 cm³/mol. The number of rotatable bonds is 4. The van der Waals surface area contributed by atoms with Gasteiger partial charge in [-0.3, -0.25) is 4.79 Å². The molecule has 0 aliphatic carbocycles. The average molecular weight is 265 g/mol. The summed E-state index contributed by atoms with van der Waals surface area (Å²) in [6.45, 7) is 1.91. The fourth-order valence-electron chi connectivity index (χ4n) is 1.69. The number of benzene rings is 1. The number of halogens is 1. The highest BCUT2D eigenvalue weighted by Gasteiger charge is 2.11. The first-order chi connectivity index (χ1) is 8.18. The molecule has 0 radical (unpaired) electrons. The van der Waals surface area contributed by atoms with E-state index in [4.69, 9.17) is 11.6 Å². The normalized spacial score (nSPS) is 10.5. The van der Waals surface area contributed by atoms with Gasteiger partial charge in [0, 0.05) is 12.0 Å². The quantitative estimate of drug-likeness (QED) is 0.742. The third-order valence-electron chi connectivity index (χ3n) is 2.71. The van der Waals surface area contributed by atoms with Gasteiger partial charge in [0.25, 0.3) is 0 Å². The first kappa shape index (κ1) is 12.3. The molecule has 1 nitrogen and oxygen atoms in total. The van der Waals surface area contributed by atoms with Crippen molar-refractivity contribution in [1.82, 2.24) is 0 Å². The van der Waals surface area contributed by atoms with Gasteiger partial charge in [0.05, 0.1) is 5.02 Å². The second-order valence-electron chi connectivity index (χ2n) is 3.99. The summed E-state index contributed by atoms with van der Waals surface area (Å²) in [7, 11) is 0. The van der Waals surface area contributed by atoms with Gasteiger partial charge in [-0.15, -0.1) is 0 Å². The van der Waals surface area contributed by atoms with Crippen molar-refractivity contribution in [3.8, 4) is 0 Å². The highest BCUT2D eigenvalue weighted by Crippen LogP contribution is 2.22. The lowest BCUT2D eigenvalue weighted by Gasteiger charge is -2.05. The van der Waals surface area contributed by atoms with Crippen LogP contribution in [-0.2, 0) is 6.42 Å². The minimum atomic E-state index is 0.116. The van der Waals surface area contributed by atoms with Crippen LogP contribution in [0, 0.1) is 6.92 Å². The van der Waals surface area contributed by atoms with Crippen LogP contribution in [0.4, 0.5) is 0 Å². The van der Waals surface area contributed by atoms with E-state index in [-0.39, 0.29) is 5.78 Å². The lowest BCUT2D eigenvalue weighted by molar-refractivity contribution is 0.0983. The van der Waals surface area contributed by atoms with Gasteiger partial charge in [-0.05, 0) is 47.4 Å². The van der Waals surface area contributed by atoms with Gasteiger partial charge < -0.3 is 0 Å². The van der Waals surface area contributed by atoms with Crippen LogP contribution < -0.4 is 0 Å². The van der Waals surface area contributed by atoms with E-state index in [2.05, 4.69) is 11.4 Å². The molecular formula is C14H13ClOS. The van der Waals surface area contributed by atoms with Crippen molar-refractivity contribution in [3.63, 3.8) is 0 Å². The minimum Gasteiger partial charge on any atom is -0.294 e. The van der Waals surface area contributed by atoms with Crippen LogP contribution in [0.25, 0.3) is 0 Å². The lowest BCUT2D eigenvalue weighted by Crippen LogP contribution is -2.02. The number of carbonyl (C=O) groups excluding carboxylic acids is 1. The highest BCUT2D eigenvalue weighted by atomic mass is 35.5. The van der Waals surface area contributed by atoms with Gasteiger partial charge in [-0.1, -0.05) is 23.7 Å². The van der Waals surface area contributed by atoms with Gasteiger partial charge in [-0.2, -0.15) is 11.3 Å². The Morgan fingerprint density at radius 3 is 2.88 bits per heavy atom. The molecule has 0 spiro atoms. The summed E-state index contributed by atoms with van der Waals surface area (Å²) in [5.41, 5.74) is 2.81. The number of aryl methyl sites for hydroxylation is 2. The van der Waals surface area contributed by atoms with Crippen molar-refractivity contribution in [1.29, 1.82) is 0 Å². The van der Waals surface area contributed by atoms with E-state index in [1.165, 1.54) is 5.56 Å². The Hall–Kier alpha value is -1.12. The van der Waals surface area contributed by atoms with Crippen LogP contribution in [0.15, 0.2) is 35.0 Å². The van der Waals surface area contributed by atoms with Crippen LogP contribution in [-0.4, -0.2) is 5.78 Å². The molecule has 2 aromatic rings. The predicted octanol–water partition coefficient (Wildman–Crippen LogP) is 4.53. The zero-order valence-electron chi connectivity index (χ0n) is 9.57. The van der Waals surface area contributed by atoms with Gasteiger partial charge in [-0.25, -0.2) is 0 Å². The molecule has 0 bridgehead atoms. The number of carbonyl (C=O) groups is 1. The van der Waals surface area contributed by atoms with Crippen molar-refractivity contribution >= 4 is 28.7 Å². The van der Waals surface area contributed by atoms with Gasteiger partial charge in [0.2, 0.25) is 0 Å². The highest BCUT2D eigenvalue weighted by molar-refractivity contribution is 7.07. The van der Waals surface area contributed by atoms with Crippen molar-refractivity contribution in [2.24, 2.45) is 0 Å². The molecule has 0 aliphatic heterocycles. The zero-order valence-corrected chi connectivity index (χ0v) is 11.1. The SMILES string of the molecule is Cc1cccc(C(=O)CCc2ccsc2)c1Cl. The number of hydrogen-bond donors (Lipinski definition) is 0. The maximum Gasteiger partial charge on any atom is 0.164 e. The van der Waals surface area contributed by atoms with Gasteiger partial charge in [0.1, 0.15) is 0 Å². The van der Waals surface area contributed by atoms with E-state index < -0.39 is 0 Å². The van der Waals surface area contributed by atoms with Crippen molar-refractivity contribution < 1.29 is 4.79 Å². The Morgan fingerprint density at radius 2 is 2.18 bits per heavy atom. The average Bonchev–Trinajstić information content (AvgIpc) is 2.82. The van der Waals surface area contributed by atoms with Crippen LogP contribution in [0.5, 0.6) is 0 Å². The summed E-state index contributed by atoms with van der Waals surface area (Å²) in [6.07, 6.45) is 1.30. The van der Waals surface area contributed by atoms with Crippen LogP contribution in [0.2, 0.25) is 5.02 Å². The molecule has 0 amide bonds. The van der Waals surface area contributed by atoms with E-state index in [0.717, 1.165) is 12.0 Å². The standard InChI is InChI=1S/C14H13ClOS/c1-10-3-2-4-12(14(10)15)13(16)6-5-11-7-8-17-9-11/h2-4,7-9H,5-6H2,1H3. The molecule has 88 valence electrons. The van der Waals surface area contributed by atoms with E-state index in [1.54, 1.807) is 17.4 Å². The monoisotopic (exact) mass is 264 g/mol. The topological polar surface area (TPSA) is 17.1 Å². The summed E-state index contributed by atoms with van der Waals surface area (Å²) >= 11 is 7.79. The molecule has 1 aromatic heterocycles. The largest absolute Gasteiger partial charge is 0.294 e. The molecule has 3 heteroatoms. The Balaban J connectivity index is 2.07. The summed E-state index contributed by atoms with van der Waals surface area (Å²) in [5.74, 6) is 0.116. The molecule has 0 saturated heterocycles. The molecule has 0 saturated carbocycles. The molecule has 0 fully saturated rings. The Morgan fingerprint density at radius 1 is 1.35 bits per heavy atom. The fraction of sp³-hybridized carbons (Fsp3) is 0.214. The van der Waals surface area contributed by atoms with Crippen molar-refractivity contribution in [2.45, 2.75) is 19.8 Å². The maximum absolute atomic E-state index is 12.0. The lowest BCUT2D eigenvalue weighted by atomic mass is 10.0. The summed E-state index contributed by atoms with van der Waals surface area (Å²) in [6, 6.07) is 7.64. The molecule has 0 N–H and O–H groups in total. The molecule has 0 unspecified atom stereocenters. The minimum absolute atomic E-state index is 0.116. The third-order valence-corrected chi connectivity index (χ3v) is 3.95. The number of ketones is 1. The van der Waals surface area contributed by atoms with Crippen molar-refractivity contribution in [2.75, 3.05) is 0 Å². The second kappa shape index (κ2) is 5.48. The first-order valence-electron chi connectivity index (χ1n) is 5.48. The van der Waals surface area contributed by atoms with Crippen LogP contribution in [0.1, 0.15) is 27.9 Å². The second-order valence-corrected chi connectivity index (χ2v) is 5.15. The maximum atomic E-state index is 12.0. The third kappa shape index (κ3) is 2.96. The van der Waals surface area contributed by atoms with Crippen LogP contribution >= 0.6 is 22.9 Å². The number of hydrogen-bond acceptors (Lipinski definition) is 2. The zero-order chi connectivity index (χ0) is 12.3. The van der Waals surface area contributed by atoms with E-state index in [1.807, 2.05) is 24.4 Å². The van der Waals surface area contributed by atoms with Gasteiger partial charge >= 0.3 is 0 Å². The number of Topliss-reactive ketones (excluding diaryl/α,β-unsaturated/α-hetero) is 1. The molecular weight excluding hydrogens is 252 g/mol. The van der Waals surface area contributed by atoms with Crippen LogP contribution in [0.3, 0.4) is 0 Å². The smallest absolute Gasteiger partial charge is 0.164 e. The van der Waals surface area contributed by atoms with E-state index in [9.17, 15) is 4.79 Å². The van der Waals surface area contributed by atoms with Gasteiger partial charge in [0.15, 0.2) is 5.78 Å².